The highest BCUT2D eigenvalue weighted by Gasteiger charge is 2.46. The van der Waals surface area contributed by atoms with E-state index < -0.39 is 0 Å². The zero-order valence-electron chi connectivity index (χ0n) is 15.6. The minimum atomic E-state index is -0.171. The molecule has 3 aromatic carbocycles. The summed E-state index contributed by atoms with van der Waals surface area (Å²) in [5, 5.41) is 6.17. The summed E-state index contributed by atoms with van der Waals surface area (Å²) in [7, 11) is 0. The number of carbonyl (C=O) groups is 1. The number of para-hydroxylation sites is 1. The van der Waals surface area contributed by atoms with Gasteiger partial charge in [-0.2, -0.15) is 0 Å². The largest absolute Gasteiger partial charge is 0.485 e. The van der Waals surface area contributed by atoms with Crippen LogP contribution in [0.15, 0.2) is 60.7 Å². The number of carbonyl (C=O) groups excluding carboxylic acids is 1. The number of nitrogens with one attached hydrogen (secondary N) is 1. The highest BCUT2D eigenvalue weighted by atomic mass is 35.5. The first-order valence-corrected chi connectivity index (χ1v) is 10.2. The Balaban J connectivity index is 1.41. The van der Waals surface area contributed by atoms with Gasteiger partial charge in [0.1, 0.15) is 11.4 Å². The van der Waals surface area contributed by atoms with Gasteiger partial charge in [-0.25, -0.2) is 0 Å². The van der Waals surface area contributed by atoms with Crippen LogP contribution < -0.4 is 10.1 Å². The summed E-state index contributed by atoms with van der Waals surface area (Å²) in [6.45, 7) is 0. The van der Waals surface area contributed by atoms with Crippen LogP contribution in [0, 0.1) is 0 Å². The maximum Gasteiger partial charge on any atom is 0.224 e. The lowest BCUT2D eigenvalue weighted by atomic mass is 9.73. The second kappa shape index (κ2) is 6.82. The number of hydrogen-bond acceptors (Lipinski definition) is 2. The summed E-state index contributed by atoms with van der Waals surface area (Å²) in [5.74, 6) is 0.772. The van der Waals surface area contributed by atoms with E-state index in [4.69, 9.17) is 16.3 Å². The summed E-state index contributed by atoms with van der Waals surface area (Å²) < 4.78 is 6.29. The highest BCUT2D eigenvalue weighted by molar-refractivity contribution is 6.32. The highest BCUT2D eigenvalue weighted by Crippen LogP contribution is 2.50. The van der Waals surface area contributed by atoms with Crippen molar-refractivity contribution in [3.63, 3.8) is 0 Å². The number of hydrogen-bond donors (Lipinski definition) is 1. The van der Waals surface area contributed by atoms with Crippen LogP contribution in [0.5, 0.6) is 5.75 Å². The number of benzene rings is 3. The van der Waals surface area contributed by atoms with E-state index >= 15 is 0 Å². The normalized spacial score (nSPS) is 19.5. The molecule has 1 spiro atoms. The molecule has 2 aliphatic rings. The van der Waals surface area contributed by atoms with E-state index in [0.29, 0.717) is 11.4 Å². The molecule has 1 atom stereocenters. The van der Waals surface area contributed by atoms with Gasteiger partial charge in [0, 0.05) is 12.0 Å². The van der Waals surface area contributed by atoms with Crippen molar-refractivity contribution in [3.8, 4) is 5.75 Å². The van der Waals surface area contributed by atoms with E-state index in [0.717, 1.165) is 53.3 Å². The molecule has 1 fully saturated rings. The fourth-order valence-corrected chi connectivity index (χ4v) is 4.74. The summed E-state index contributed by atoms with van der Waals surface area (Å²) in [5.41, 5.74) is 1.86. The predicted octanol–water partition coefficient (Wildman–Crippen LogP) is 5.60. The molecule has 1 N–H and O–H groups in total. The number of amides is 1. The number of rotatable bonds is 3. The average molecular weight is 392 g/mol. The zero-order chi connectivity index (χ0) is 19.1. The van der Waals surface area contributed by atoms with Gasteiger partial charge in [-0.15, -0.1) is 0 Å². The second-order valence-electron chi connectivity index (χ2n) is 7.94. The molecule has 0 radical (unpaired) electrons. The van der Waals surface area contributed by atoms with E-state index in [1.54, 1.807) is 0 Å². The quantitative estimate of drug-likeness (QED) is 0.631. The van der Waals surface area contributed by atoms with E-state index in [1.807, 2.05) is 42.5 Å². The van der Waals surface area contributed by atoms with Crippen LogP contribution >= 0.6 is 11.6 Å². The van der Waals surface area contributed by atoms with Crippen molar-refractivity contribution >= 4 is 28.3 Å². The molecule has 4 heteroatoms. The van der Waals surface area contributed by atoms with Gasteiger partial charge in [0.2, 0.25) is 5.91 Å². The molecule has 1 aliphatic heterocycles. The van der Waals surface area contributed by atoms with Gasteiger partial charge in [-0.1, -0.05) is 66.2 Å². The van der Waals surface area contributed by atoms with E-state index in [1.165, 1.54) is 0 Å². The Morgan fingerprint density at radius 2 is 1.86 bits per heavy atom. The fourth-order valence-electron chi connectivity index (χ4n) is 4.52. The Morgan fingerprint density at radius 1 is 1.07 bits per heavy atom. The van der Waals surface area contributed by atoms with Crippen molar-refractivity contribution in [1.82, 2.24) is 5.32 Å². The third kappa shape index (κ3) is 3.04. The van der Waals surface area contributed by atoms with Crippen LogP contribution in [0.4, 0.5) is 0 Å². The molecule has 0 unspecified atom stereocenters. The fraction of sp³-hybridized carbons (Fsp3) is 0.292. The topological polar surface area (TPSA) is 38.3 Å². The third-order valence-corrected chi connectivity index (χ3v) is 6.40. The molecule has 1 heterocycles. The van der Waals surface area contributed by atoms with Crippen LogP contribution in [0.25, 0.3) is 10.8 Å². The van der Waals surface area contributed by atoms with Gasteiger partial charge in [0.15, 0.2) is 0 Å². The molecule has 1 amide bonds. The van der Waals surface area contributed by atoms with Crippen molar-refractivity contribution in [3.05, 3.63) is 76.8 Å². The Bertz CT molecular complexity index is 1050. The monoisotopic (exact) mass is 391 g/mol. The molecule has 3 aromatic rings. The molecule has 3 nitrogen and oxygen atoms in total. The van der Waals surface area contributed by atoms with Gasteiger partial charge < -0.3 is 10.1 Å². The third-order valence-electron chi connectivity index (χ3n) is 6.10. The summed E-state index contributed by atoms with van der Waals surface area (Å²) in [6, 6.07) is 20.0. The molecule has 0 aromatic heterocycles. The smallest absolute Gasteiger partial charge is 0.224 e. The Hall–Kier alpha value is -2.52. The van der Waals surface area contributed by atoms with Crippen molar-refractivity contribution in [2.45, 2.75) is 43.7 Å². The minimum Gasteiger partial charge on any atom is -0.485 e. The molecule has 1 saturated carbocycles. The Labute approximate surface area is 169 Å². The van der Waals surface area contributed by atoms with Gasteiger partial charge in [-0.05, 0) is 41.7 Å². The first kappa shape index (κ1) is 17.6. The van der Waals surface area contributed by atoms with Crippen LogP contribution in [0.3, 0.4) is 0 Å². The molecule has 0 saturated heterocycles. The zero-order valence-corrected chi connectivity index (χ0v) is 16.3. The van der Waals surface area contributed by atoms with Crippen LogP contribution in [-0.2, 0) is 11.2 Å². The molecule has 28 heavy (non-hydrogen) atoms. The first-order chi connectivity index (χ1) is 13.6. The van der Waals surface area contributed by atoms with Crippen molar-refractivity contribution in [1.29, 1.82) is 0 Å². The van der Waals surface area contributed by atoms with Crippen LogP contribution in [-0.4, -0.2) is 11.5 Å². The number of ether oxygens (including phenoxy) is 1. The predicted molar refractivity (Wildman–Crippen MR) is 112 cm³/mol. The van der Waals surface area contributed by atoms with Crippen molar-refractivity contribution in [2.75, 3.05) is 0 Å². The maximum absolute atomic E-state index is 13.0. The lowest BCUT2D eigenvalue weighted by Gasteiger charge is -2.48. The first-order valence-electron chi connectivity index (χ1n) is 9.87. The molecular formula is C24H22ClNO2. The van der Waals surface area contributed by atoms with Crippen LogP contribution in [0.2, 0.25) is 5.02 Å². The lowest BCUT2D eigenvalue weighted by molar-refractivity contribution is -0.122. The van der Waals surface area contributed by atoms with E-state index in [9.17, 15) is 4.79 Å². The second-order valence-corrected chi connectivity index (χ2v) is 8.34. The Kier molecular flexibility index (Phi) is 4.28. The van der Waals surface area contributed by atoms with E-state index in [-0.39, 0.29) is 17.6 Å². The average Bonchev–Trinajstić information content (AvgIpc) is 2.67. The molecule has 0 bridgehead atoms. The SMILES string of the molecule is O=C(Cc1cccc2ccccc12)N[C@H]1CC2(CCC2)Oc2c(Cl)cccc21. The summed E-state index contributed by atoms with van der Waals surface area (Å²) in [6.07, 6.45) is 4.38. The van der Waals surface area contributed by atoms with Gasteiger partial charge >= 0.3 is 0 Å². The van der Waals surface area contributed by atoms with Crippen LogP contribution in [0.1, 0.15) is 42.9 Å². The summed E-state index contributed by atoms with van der Waals surface area (Å²) >= 11 is 6.41. The maximum atomic E-state index is 13.0. The molecule has 142 valence electrons. The lowest BCUT2D eigenvalue weighted by Crippen LogP contribution is -2.50. The van der Waals surface area contributed by atoms with Gasteiger partial charge in [0.25, 0.3) is 0 Å². The van der Waals surface area contributed by atoms with Crippen molar-refractivity contribution < 1.29 is 9.53 Å². The summed E-state index contributed by atoms with van der Waals surface area (Å²) in [4.78, 5) is 13.0. The number of fused-ring (bicyclic) bond motifs is 2. The standard InChI is InChI=1S/C24H22ClNO2/c25-20-11-4-10-19-21(15-24(12-5-13-24)28-23(19)20)26-22(27)14-17-8-3-7-16-6-1-2-9-18(16)17/h1-4,6-11,21H,5,12-15H2,(H,26,27)/t21-/m0/s1. The molecule has 5 rings (SSSR count). The van der Waals surface area contributed by atoms with E-state index in [2.05, 4.69) is 23.5 Å². The number of halogens is 1. The minimum absolute atomic E-state index is 0.0312. The Morgan fingerprint density at radius 3 is 2.68 bits per heavy atom. The molecule has 1 aliphatic carbocycles. The van der Waals surface area contributed by atoms with Crippen molar-refractivity contribution in [2.24, 2.45) is 0 Å². The van der Waals surface area contributed by atoms with Gasteiger partial charge in [0.05, 0.1) is 17.5 Å². The molecular weight excluding hydrogens is 370 g/mol. The van der Waals surface area contributed by atoms with Gasteiger partial charge in [-0.3, -0.25) is 4.79 Å².